The summed E-state index contributed by atoms with van der Waals surface area (Å²) < 4.78 is 2.18. The molecule has 182 valence electrons. The minimum atomic E-state index is -0.513. The predicted octanol–water partition coefficient (Wildman–Crippen LogP) is 4.32. The molecule has 0 saturated heterocycles. The summed E-state index contributed by atoms with van der Waals surface area (Å²) in [5.74, 6) is 1.89. The van der Waals surface area contributed by atoms with E-state index in [0.29, 0.717) is 13.1 Å². The number of carbonyl (C=O) groups is 1. The molecule has 4 atom stereocenters. The molecular weight excluding hydrogens is 500 g/mol. The van der Waals surface area contributed by atoms with E-state index in [1.165, 1.54) is 16.0 Å². The van der Waals surface area contributed by atoms with Gasteiger partial charge >= 0.3 is 0 Å². The van der Waals surface area contributed by atoms with Crippen molar-refractivity contribution in [2.75, 3.05) is 0 Å². The summed E-state index contributed by atoms with van der Waals surface area (Å²) in [4.78, 5) is 19.3. The van der Waals surface area contributed by atoms with Gasteiger partial charge in [0, 0.05) is 39.4 Å². The minimum absolute atomic E-state index is 0.0109. The van der Waals surface area contributed by atoms with Crippen LogP contribution in [0.5, 0.6) is 0 Å². The van der Waals surface area contributed by atoms with Crippen LogP contribution in [0.4, 0.5) is 0 Å². The predicted molar refractivity (Wildman–Crippen MR) is 139 cm³/mol. The highest BCUT2D eigenvalue weighted by molar-refractivity contribution is 7.15. The first-order valence-corrected chi connectivity index (χ1v) is 13.9. The molecule has 10 heteroatoms. The van der Waals surface area contributed by atoms with E-state index >= 15 is 0 Å². The van der Waals surface area contributed by atoms with E-state index < -0.39 is 4.87 Å². The van der Waals surface area contributed by atoms with Crippen molar-refractivity contribution < 1.29 is 4.79 Å². The molecule has 0 radical (unpaired) electrons. The van der Waals surface area contributed by atoms with Crippen LogP contribution in [0.25, 0.3) is 5.00 Å². The Balaban J connectivity index is 1.34. The summed E-state index contributed by atoms with van der Waals surface area (Å²) in [7, 11) is 0. The van der Waals surface area contributed by atoms with Crippen LogP contribution in [0.15, 0.2) is 30.5 Å². The molecule has 3 aromatic heterocycles. The van der Waals surface area contributed by atoms with Gasteiger partial charge in [-0.1, -0.05) is 24.3 Å². The van der Waals surface area contributed by atoms with Gasteiger partial charge in [0.1, 0.15) is 10.8 Å². The number of alkyl halides is 1. The highest BCUT2D eigenvalue weighted by Gasteiger charge is 2.43. The Morgan fingerprint density at radius 3 is 2.91 bits per heavy atom. The van der Waals surface area contributed by atoms with Crippen molar-refractivity contribution in [2.45, 2.75) is 57.6 Å². The van der Waals surface area contributed by atoms with Gasteiger partial charge in [-0.2, -0.15) is 0 Å². The molecule has 3 aliphatic rings. The second-order valence-electron chi connectivity index (χ2n) is 9.67. The summed E-state index contributed by atoms with van der Waals surface area (Å²) >= 11 is 10.4. The third kappa shape index (κ3) is 3.98. The van der Waals surface area contributed by atoms with Gasteiger partial charge in [-0.05, 0) is 39.2 Å². The number of allylic oxidation sites excluding steroid dienone is 3. The third-order valence-electron chi connectivity index (χ3n) is 7.22. The van der Waals surface area contributed by atoms with Crippen LogP contribution in [0.1, 0.15) is 50.5 Å². The number of aryl methyl sites for hydroxylation is 2. The number of amides is 1. The molecule has 2 aliphatic carbocycles. The van der Waals surface area contributed by atoms with E-state index in [1.54, 1.807) is 22.7 Å². The van der Waals surface area contributed by atoms with Crippen LogP contribution in [-0.2, 0) is 30.7 Å². The smallest absolute Gasteiger partial charge is 0.224 e. The van der Waals surface area contributed by atoms with Gasteiger partial charge < -0.3 is 10.6 Å². The molecule has 4 heterocycles. The molecule has 0 fully saturated rings. The molecule has 0 saturated carbocycles. The topological polar surface area (TPSA) is 84.7 Å². The second-order valence-corrected chi connectivity index (χ2v) is 12.9. The summed E-state index contributed by atoms with van der Waals surface area (Å²) in [5, 5.41) is 17.8. The van der Waals surface area contributed by atoms with Crippen molar-refractivity contribution in [3.63, 3.8) is 0 Å². The molecule has 1 amide bonds. The SMILES string of the molecule is Cc1ncc(CNC(=O)[C@@H]2Cc3sc4c(c3C2)[C@H](C2C=CC=CC2(C)Cl)NCc2nnc(C)n2-4)s1. The number of thiazole rings is 1. The molecular formula is C25H27ClN6OS2. The van der Waals surface area contributed by atoms with Crippen LogP contribution >= 0.6 is 34.3 Å². The fourth-order valence-corrected chi connectivity index (χ4v) is 8.01. The van der Waals surface area contributed by atoms with Gasteiger partial charge in [-0.25, -0.2) is 4.98 Å². The Bertz CT molecular complexity index is 1370. The highest BCUT2D eigenvalue weighted by Crippen LogP contribution is 2.49. The Labute approximate surface area is 217 Å². The fraction of sp³-hybridized carbons (Fsp3) is 0.440. The first-order valence-electron chi connectivity index (χ1n) is 11.8. The average molecular weight is 527 g/mol. The molecule has 0 bridgehead atoms. The van der Waals surface area contributed by atoms with Crippen LogP contribution in [0.3, 0.4) is 0 Å². The number of hydrogen-bond donors (Lipinski definition) is 2. The zero-order valence-electron chi connectivity index (χ0n) is 19.8. The molecule has 1 aliphatic heterocycles. The van der Waals surface area contributed by atoms with Crippen molar-refractivity contribution in [3.8, 4) is 5.00 Å². The first kappa shape index (κ1) is 23.1. The summed E-state index contributed by atoms with van der Waals surface area (Å²) in [5.41, 5.74) is 2.53. The Morgan fingerprint density at radius 1 is 1.29 bits per heavy atom. The van der Waals surface area contributed by atoms with Crippen molar-refractivity contribution in [1.82, 2.24) is 30.4 Å². The van der Waals surface area contributed by atoms with Crippen LogP contribution < -0.4 is 10.6 Å². The summed E-state index contributed by atoms with van der Waals surface area (Å²) in [6, 6.07) is 0.0109. The van der Waals surface area contributed by atoms with E-state index in [9.17, 15) is 4.79 Å². The molecule has 35 heavy (non-hydrogen) atoms. The summed E-state index contributed by atoms with van der Waals surface area (Å²) in [6.07, 6.45) is 11.7. The monoisotopic (exact) mass is 526 g/mol. The number of nitrogens with one attached hydrogen (secondary N) is 2. The standard InChI is InChI=1S/C25H27ClN6OS2/c1-13-30-31-20-12-28-22(18-6-4-5-7-25(18,3)26)21-17-8-15(9-19(17)35-24(21)32(13)20)23(33)29-11-16-10-27-14(2)34-16/h4-7,10,15,18,22,28H,8-9,11-12H2,1-3H3,(H,29,33)/t15-,18?,22-,25?/m0/s1. The minimum Gasteiger partial charge on any atom is -0.351 e. The molecule has 2 unspecified atom stereocenters. The zero-order chi connectivity index (χ0) is 24.3. The number of thiophene rings is 1. The van der Waals surface area contributed by atoms with E-state index in [2.05, 4.69) is 55.5 Å². The van der Waals surface area contributed by atoms with Gasteiger partial charge in [0.25, 0.3) is 0 Å². The first-order chi connectivity index (χ1) is 16.8. The molecule has 0 aromatic carbocycles. The maximum atomic E-state index is 13.1. The largest absolute Gasteiger partial charge is 0.351 e. The van der Waals surface area contributed by atoms with E-state index in [1.807, 2.05) is 26.1 Å². The lowest BCUT2D eigenvalue weighted by atomic mass is 9.79. The molecule has 2 N–H and O–H groups in total. The third-order valence-corrected chi connectivity index (χ3v) is 9.77. The number of hydrogen-bond acceptors (Lipinski definition) is 7. The van der Waals surface area contributed by atoms with E-state index in [0.717, 1.165) is 39.4 Å². The van der Waals surface area contributed by atoms with Crippen molar-refractivity contribution in [1.29, 1.82) is 0 Å². The lowest BCUT2D eigenvalue weighted by molar-refractivity contribution is -0.124. The van der Waals surface area contributed by atoms with Crippen molar-refractivity contribution in [3.05, 3.63) is 68.0 Å². The van der Waals surface area contributed by atoms with Gasteiger partial charge in [-0.3, -0.25) is 9.36 Å². The van der Waals surface area contributed by atoms with Gasteiger partial charge in [0.2, 0.25) is 5.91 Å². The van der Waals surface area contributed by atoms with E-state index in [4.69, 9.17) is 11.6 Å². The normalized spacial score (nSPS) is 26.8. The Kier molecular flexibility index (Phi) is 5.71. The van der Waals surface area contributed by atoms with Gasteiger partial charge in [0.15, 0.2) is 5.82 Å². The molecule has 0 spiro atoms. The Morgan fingerprint density at radius 2 is 2.14 bits per heavy atom. The molecule has 6 rings (SSSR count). The number of carbonyl (C=O) groups excluding carboxylic acids is 1. The molecule has 3 aromatic rings. The zero-order valence-corrected chi connectivity index (χ0v) is 22.2. The maximum Gasteiger partial charge on any atom is 0.224 e. The summed E-state index contributed by atoms with van der Waals surface area (Å²) in [6.45, 7) is 7.19. The van der Waals surface area contributed by atoms with Crippen LogP contribution in [0, 0.1) is 25.7 Å². The van der Waals surface area contributed by atoms with Gasteiger partial charge in [0.05, 0.1) is 23.0 Å². The lowest BCUT2D eigenvalue weighted by Crippen LogP contribution is -2.38. The highest BCUT2D eigenvalue weighted by atomic mass is 35.5. The van der Waals surface area contributed by atoms with Gasteiger partial charge in [-0.15, -0.1) is 44.5 Å². The number of fused-ring (bicyclic) bond motifs is 5. The average Bonchev–Trinajstić information content (AvgIpc) is 3.56. The number of rotatable bonds is 4. The Hall–Kier alpha value is -2.33. The van der Waals surface area contributed by atoms with Crippen LogP contribution in [-0.4, -0.2) is 30.5 Å². The van der Waals surface area contributed by atoms with Crippen molar-refractivity contribution >= 4 is 40.2 Å². The number of aromatic nitrogens is 4. The number of halogens is 1. The number of nitrogens with zero attached hydrogens (tertiary/aromatic N) is 4. The van der Waals surface area contributed by atoms with Crippen LogP contribution in [0.2, 0.25) is 0 Å². The van der Waals surface area contributed by atoms with E-state index in [-0.39, 0.29) is 23.8 Å². The lowest BCUT2D eigenvalue weighted by Gasteiger charge is -2.36. The second kappa shape index (κ2) is 8.65. The quantitative estimate of drug-likeness (QED) is 0.495. The maximum absolute atomic E-state index is 13.1. The van der Waals surface area contributed by atoms with Crippen molar-refractivity contribution in [2.24, 2.45) is 11.8 Å². The molecule has 7 nitrogen and oxygen atoms in total. The fourth-order valence-electron chi connectivity index (χ4n) is 5.48.